The molecule has 120 valence electrons. The van der Waals surface area contributed by atoms with Crippen molar-refractivity contribution in [1.82, 2.24) is 5.32 Å². The van der Waals surface area contributed by atoms with Crippen molar-refractivity contribution in [3.8, 4) is 0 Å². The lowest BCUT2D eigenvalue weighted by molar-refractivity contribution is -0.146. The monoisotopic (exact) mass is 297 g/mol. The Morgan fingerprint density at radius 2 is 2.05 bits per heavy atom. The number of carbonyl (C=O) groups excluding carboxylic acids is 1. The van der Waals surface area contributed by atoms with Gasteiger partial charge < -0.3 is 15.2 Å². The molecular weight excluding hydrogens is 270 g/mol. The molecule has 0 aromatic carbocycles. The first-order valence-corrected chi connectivity index (χ1v) is 8.00. The number of hydrogen-bond donors (Lipinski definition) is 2. The quantitative estimate of drug-likeness (QED) is 0.834. The molecule has 1 heterocycles. The van der Waals surface area contributed by atoms with Gasteiger partial charge in [0.1, 0.15) is 6.04 Å². The first kappa shape index (κ1) is 16.3. The van der Waals surface area contributed by atoms with Gasteiger partial charge in [-0.05, 0) is 37.5 Å². The second-order valence-electron chi connectivity index (χ2n) is 7.26. The highest BCUT2D eigenvalue weighted by Gasteiger charge is 2.36. The zero-order valence-electron chi connectivity index (χ0n) is 13.1. The summed E-state index contributed by atoms with van der Waals surface area (Å²) in [4.78, 5) is 23.9. The van der Waals surface area contributed by atoms with E-state index in [0.717, 1.165) is 38.5 Å². The maximum Gasteiger partial charge on any atom is 0.326 e. The average molecular weight is 297 g/mol. The van der Waals surface area contributed by atoms with Gasteiger partial charge in [0.15, 0.2) is 0 Å². The summed E-state index contributed by atoms with van der Waals surface area (Å²) in [5.41, 5.74) is 0.174. The average Bonchev–Trinajstić information content (AvgIpc) is 2.44. The van der Waals surface area contributed by atoms with E-state index in [-0.39, 0.29) is 23.2 Å². The van der Waals surface area contributed by atoms with Crippen molar-refractivity contribution in [3.05, 3.63) is 0 Å². The molecule has 0 aromatic heterocycles. The van der Waals surface area contributed by atoms with Crippen molar-refractivity contribution < 1.29 is 19.4 Å². The van der Waals surface area contributed by atoms with Gasteiger partial charge in [-0.2, -0.15) is 0 Å². The lowest BCUT2D eigenvalue weighted by atomic mass is 9.72. The van der Waals surface area contributed by atoms with Crippen LogP contribution in [0.4, 0.5) is 0 Å². The fourth-order valence-electron chi connectivity index (χ4n) is 3.60. The molecular formula is C16H27NO4. The number of aliphatic carboxylic acids is 1. The standard InChI is InChI=1S/C16H27NO4/c1-16(2)7-3-5-11(9-16)14(18)17-13(15(19)20)12-6-4-8-21-10-12/h11-13H,3-10H2,1-2H3,(H,17,18)(H,19,20). The van der Waals surface area contributed by atoms with E-state index < -0.39 is 12.0 Å². The molecule has 2 rings (SSSR count). The lowest BCUT2D eigenvalue weighted by Crippen LogP contribution is -2.50. The number of carboxylic acids is 1. The summed E-state index contributed by atoms with van der Waals surface area (Å²) in [6, 6.07) is -0.817. The summed E-state index contributed by atoms with van der Waals surface area (Å²) in [5.74, 6) is -1.22. The van der Waals surface area contributed by atoms with Crippen LogP contribution in [0.1, 0.15) is 52.4 Å². The van der Waals surface area contributed by atoms with Crippen LogP contribution in [0.25, 0.3) is 0 Å². The molecule has 0 bridgehead atoms. The van der Waals surface area contributed by atoms with Gasteiger partial charge in [-0.1, -0.05) is 20.3 Å². The van der Waals surface area contributed by atoms with Gasteiger partial charge in [-0.15, -0.1) is 0 Å². The highest BCUT2D eigenvalue weighted by Crippen LogP contribution is 2.38. The van der Waals surface area contributed by atoms with Crippen LogP contribution >= 0.6 is 0 Å². The van der Waals surface area contributed by atoms with E-state index in [9.17, 15) is 14.7 Å². The molecule has 1 aliphatic carbocycles. The molecule has 5 heteroatoms. The predicted octanol–water partition coefficient (Wildman–Crippen LogP) is 2.20. The second kappa shape index (κ2) is 6.77. The summed E-state index contributed by atoms with van der Waals surface area (Å²) < 4.78 is 5.36. The number of carbonyl (C=O) groups is 2. The van der Waals surface area contributed by atoms with E-state index in [1.807, 2.05) is 0 Å². The molecule has 2 N–H and O–H groups in total. The van der Waals surface area contributed by atoms with Crippen LogP contribution in [0.2, 0.25) is 0 Å². The van der Waals surface area contributed by atoms with Crippen molar-refractivity contribution in [2.75, 3.05) is 13.2 Å². The summed E-state index contributed by atoms with van der Waals surface area (Å²) in [7, 11) is 0. The molecule has 0 spiro atoms. The van der Waals surface area contributed by atoms with Gasteiger partial charge in [-0.3, -0.25) is 4.79 Å². The topological polar surface area (TPSA) is 75.6 Å². The maximum absolute atomic E-state index is 12.4. The highest BCUT2D eigenvalue weighted by atomic mass is 16.5. The number of carboxylic acid groups (broad SMARTS) is 1. The van der Waals surface area contributed by atoms with Crippen LogP contribution < -0.4 is 5.32 Å². The van der Waals surface area contributed by atoms with E-state index in [1.165, 1.54) is 0 Å². The Kier molecular flexibility index (Phi) is 5.25. The molecule has 0 radical (unpaired) electrons. The number of hydrogen-bond acceptors (Lipinski definition) is 3. The number of ether oxygens (including phenoxy) is 1. The number of nitrogens with one attached hydrogen (secondary N) is 1. The fraction of sp³-hybridized carbons (Fsp3) is 0.875. The Morgan fingerprint density at radius 1 is 1.29 bits per heavy atom. The molecule has 3 unspecified atom stereocenters. The minimum absolute atomic E-state index is 0.0555. The third-order valence-corrected chi connectivity index (χ3v) is 4.81. The van der Waals surface area contributed by atoms with Gasteiger partial charge >= 0.3 is 5.97 Å². The molecule has 0 aromatic rings. The maximum atomic E-state index is 12.4. The number of amides is 1. The third-order valence-electron chi connectivity index (χ3n) is 4.81. The zero-order chi connectivity index (χ0) is 15.5. The molecule has 21 heavy (non-hydrogen) atoms. The minimum atomic E-state index is -0.950. The first-order valence-electron chi connectivity index (χ1n) is 8.00. The van der Waals surface area contributed by atoms with E-state index in [4.69, 9.17) is 4.74 Å². The Balaban J connectivity index is 1.96. The van der Waals surface area contributed by atoms with Crippen LogP contribution in [0.3, 0.4) is 0 Å². The van der Waals surface area contributed by atoms with Crippen LogP contribution in [0.15, 0.2) is 0 Å². The summed E-state index contributed by atoms with van der Waals surface area (Å²) in [6.07, 6.45) is 5.54. The molecule has 1 aliphatic heterocycles. The Labute approximate surface area is 126 Å². The SMILES string of the molecule is CC1(C)CCCC(C(=O)NC(C(=O)O)C2CCCOC2)C1. The van der Waals surface area contributed by atoms with Gasteiger partial charge in [0, 0.05) is 18.4 Å². The Bertz CT molecular complexity index is 388. The Hall–Kier alpha value is -1.10. The molecule has 2 fully saturated rings. The largest absolute Gasteiger partial charge is 0.480 e. The van der Waals surface area contributed by atoms with E-state index in [1.54, 1.807) is 0 Å². The van der Waals surface area contributed by atoms with Crippen LogP contribution in [-0.4, -0.2) is 36.2 Å². The molecule has 3 atom stereocenters. The molecule has 2 aliphatic rings. The lowest BCUT2D eigenvalue weighted by Gasteiger charge is -2.35. The molecule has 1 saturated carbocycles. The molecule has 1 saturated heterocycles. The smallest absolute Gasteiger partial charge is 0.326 e. The van der Waals surface area contributed by atoms with Gasteiger partial charge in [-0.25, -0.2) is 4.79 Å². The van der Waals surface area contributed by atoms with Crippen LogP contribution in [0.5, 0.6) is 0 Å². The Morgan fingerprint density at radius 3 is 2.62 bits per heavy atom. The van der Waals surface area contributed by atoms with Crippen LogP contribution in [0, 0.1) is 17.3 Å². The first-order chi connectivity index (χ1) is 9.89. The van der Waals surface area contributed by atoms with Crippen molar-refractivity contribution in [1.29, 1.82) is 0 Å². The van der Waals surface area contributed by atoms with Crippen molar-refractivity contribution in [3.63, 3.8) is 0 Å². The predicted molar refractivity (Wildman–Crippen MR) is 78.8 cm³/mol. The highest BCUT2D eigenvalue weighted by molar-refractivity contribution is 5.85. The normalized spacial score (nSPS) is 30.4. The third kappa shape index (κ3) is 4.43. The van der Waals surface area contributed by atoms with Crippen molar-refractivity contribution >= 4 is 11.9 Å². The van der Waals surface area contributed by atoms with Crippen LogP contribution in [-0.2, 0) is 14.3 Å². The van der Waals surface area contributed by atoms with Crippen molar-refractivity contribution in [2.45, 2.75) is 58.4 Å². The summed E-state index contributed by atoms with van der Waals surface area (Å²) in [5, 5.41) is 12.2. The molecule has 1 amide bonds. The molecule has 5 nitrogen and oxygen atoms in total. The number of rotatable bonds is 4. The zero-order valence-corrected chi connectivity index (χ0v) is 13.1. The van der Waals surface area contributed by atoms with Gasteiger partial charge in [0.2, 0.25) is 5.91 Å². The minimum Gasteiger partial charge on any atom is -0.480 e. The van der Waals surface area contributed by atoms with Gasteiger partial charge in [0.25, 0.3) is 0 Å². The van der Waals surface area contributed by atoms with E-state index in [2.05, 4.69) is 19.2 Å². The second-order valence-corrected chi connectivity index (χ2v) is 7.26. The summed E-state index contributed by atoms with van der Waals surface area (Å²) >= 11 is 0. The fourth-order valence-corrected chi connectivity index (χ4v) is 3.60. The van der Waals surface area contributed by atoms with Gasteiger partial charge in [0.05, 0.1) is 6.61 Å². The van der Waals surface area contributed by atoms with E-state index in [0.29, 0.717) is 13.2 Å². The summed E-state index contributed by atoms with van der Waals surface area (Å²) in [6.45, 7) is 5.47. The van der Waals surface area contributed by atoms with Crippen molar-refractivity contribution in [2.24, 2.45) is 17.3 Å². The van der Waals surface area contributed by atoms with E-state index >= 15 is 0 Å².